The highest BCUT2D eigenvalue weighted by molar-refractivity contribution is 6.31. The number of carbonyl (C=O) groups excluding carboxylic acids is 2. The smallest absolute Gasteiger partial charge is 0.417 e. The summed E-state index contributed by atoms with van der Waals surface area (Å²) < 4.78 is 44.6. The fourth-order valence-corrected chi connectivity index (χ4v) is 2.90. The van der Waals surface area contributed by atoms with E-state index in [1.807, 2.05) is 0 Å². The van der Waals surface area contributed by atoms with Crippen molar-refractivity contribution < 1.29 is 27.5 Å². The van der Waals surface area contributed by atoms with Gasteiger partial charge in [-0.2, -0.15) is 13.2 Å². The molecule has 0 aliphatic heterocycles. The Morgan fingerprint density at radius 2 is 1.68 bits per heavy atom. The Balaban J connectivity index is 1.61. The molecule has 0 saturated heterocycles. The predicted molar refractivity (Wildman–Crippen MR) is 121 cm³/mol. The molecule has 0 atom stereocenters. The van der Waals surface area contributed by atoms with Crippen LogP contribution in [0.5, 0.6) is 11.5 Å². The third-order valence-electron chi connectivity index (χ3n) is 4.19. The molecule has 3 rings (SSSR count). The summed E-state index contributed by atoms with van der Waals surface area (Å²) in [5.41, 5.74) is -0.646. The summed E-state index contributed by atoms with van der Waals surface area (Å²) in [5.74, 6) is 2.59. The van der Waals surface area contributed by atoms with Gasteiger partial charge in [0.15, 0.2) is 0 Å². The summed E-state index contributed by atoms with van der Waals surface area (Å²) >= 11 is 5.57. The summed E-state index contributed by atoms with van der Waals surface area (Å²) in [6.45, 7) is 0.0646. The lowest BCUT2D eigenvalue weighted by atomic mass is 10.2. The van der Waals surface area contributed by atoms with E-state index >= 15 is 0 Å². The van der Waals surface area contributed by atoms with Gasteiger partial charge in [-0.3, -0.25) is 9.78 Å². The van der Waals surface area contributed by atoms with Crippen LogP contribution in [-0.4, -0.2) is 23.5 Å². The lowest BCUT2D eigenvalue weighted by Crippen LogP contribution is -2.24. The van der Waals surface area contributed by atoms with Crippen molar-refractivity contribution in [2.75, 3.05) is 17.2 Å². The summed E-state index contributed by atoms with van der Waals surface area (Å²) in [6, 6.07) is 11.5. The molecule has 0 aliphatic carbocycles. The van der Waals surface area contributed by atoms with Crippen LogP contribution in [0.3, 0.4) is 0 Å². The third-order valence-corrected chi connectivity index (χ3v) is 4.52. The average molecular weight is 489 g/mol. The number of anilines is 2. The highest BCUT2D eigenvalue weighted by Crippen LogP contribution is 2.36. The number of rotatable bonds is 6. The largest absolute Gasteiger partial charge is 0.457 e. The van der Waals surface area contributed by atoms with Crippen molar-refractivity contribution in [3.05, 3.63) is 77.1 Å². The lowest BCUT2D eigenvalue weighted by Gasteiger charge is -2.12. The van der Waals surface area contributed by atoms with Crippen molar-refractivity contribution in [1.29, 1.82) is 0 Å². The number of hydrogen-bond donors (Lipinski definition) is 3. The molecule has 2 aromatic carbocycles. The number of hydrogen-bond acceptors (Lipinski definition) is 4. The highest BCUT2D eigenvalue weighted by Gasteiger charge is 2.33. The van der Waals surface area contributed by atoms with E-state index in [-0.39, 0.29) is 17.9 Å². The summed E-state index contributed by atoms with van der Waals surface area (Å²) in [5, 5.41) is 6.84. The molecule has 3 N–H and O–H groups in total. The fraction of sp³-hybridized carbons (Fsp3) is 0.0870. The van der Waals surface area contributed by atoms with E-state index in [2.05, 4.69) is 26.9 Å². The minimum absolute atomic E-state index is 0.0646. The molecule has 7 nitrogen and oxygen atoms in total. The maximum absolute atomic E-state index is 13.0. The van der Waals surface area contributed by atoms with Crippen molar-refractivity contribution in [3.63, 3.8) is 0 Å². The first-order chi connectivity index (χ1) is 16.2. The van der Waals surface area contributed by atoms with Gasteiger partial charge in [-0.1, -0.05) is 17.5 Å². The molecule has 1 heterocycles. The molecule has 3 amide bonds. The molecule has 0 unspecified atom stereocenters. The standard InChI is InChI=1S/C23H16ClF3N4O3/c1-2-10-29-21(32)20-13-17(9-11-28-20)34-16-6-3-14(4-7-16)30-22(33)31-15-5-8-19(24)18(12-15)23(25,26)27/h1,3-9,11-13H,10H2,(H,29,32)(H2,30,31,33). The van der Waals surface area contributed by atoms with E-state index in [0.717, 1.165) is 12.1 Å². The second-order valence-electron chi connectivity index (χ2n) is 6.66. The normalized spacial score (nSPS) is 10.7. The van der Waals surface area contributed by atoms with Gasteiger partial charge in [0.25, 0.3) is 5.91 Å². The van der Waals surface area contributed by atoms with Crippen LogP contribution in [0.15, 0.2) is 60.8 Å². The molecular formula is C23H16ClF3N4O3. The number of ether oxygens (including phenoxy) is 1. The topological polar surface area (TPSA) is 92.4 Å². The molecule has 0 bridgehead atoms. The second kappa shape index (κ2) is 10.6. The van der Waals surface area contributed by atoms with Crippen LogP contribution in [0.4, 0.5) is 29.3 Å². The van der Waals surface area contributed by atoms with E-state index in [1.54, 1.807) is 18.2 Å². The Hall–Kier alpha value is -4.23. The monoisotopic (exact) mass is 488 g/mol. The lowest BCUT2D eigenvalue weighted by molar-refractivity contribution is -0.137. The molecule has 0 saturated carbocycles. The van der Waals surface area contributed by atoms with Gasteiger partial charge < -0.3 is 20.7 Å². The van der Waals surface area contributed by atoms with E-state index in [0.29, 0.717) is 17.2 Å². The minimum Gasteiger partial charge on any atom is -0.457 e. The van der Waals surface area contributed by atoms with Gasteiger partial charge in [-0.05, 0) is 48.5 Å². The molecule has 0 radical (unpaired) electrons. The zero-order chi connectivity index (χ0) is 24.7. The van der Waals surface area contributed by atoms with Crippen LogP contribution in [0.25, 0.3) is 0 Å². The number of carbonyl (C=O) groups is 2. The van der Waals surface area contributed by atoms with Crippen molar-refractivity contribution in [3.8, 4) is 23.8 Å². The highest BCUT2D eigenvalue weighted by atomic mass is 35.5. The van der Waals surface area contributed by atoms with Crippen LogP contribution in [0, 0.1) is 12.3 Å². The Bertz CT molecular complexity index is 1240. The molecule has 1 aromatic heterocycles. The van der Waals surface area contributed by atoms with Crippen LogP contribution in [-0.2, 0) is 6.18 Å². The zero-order valence-electron chi connectivity index (χ0n) is 17.2. The third kappa shape index (κ3) is 6.63. The average Bonchev–Trinajstić information content (AvgIpc) is 2.79. The number of alkyl halides is 3. The molecule has 3 aromatic rings. The number of aromatic nitrogens is 1. The van der Waals surface area contributed by atoms with Gasteiger partial charge in [0.05, 0.1) is 17.1 Å². The van der Waals surface area contributed by atoms with Crippen molar-refractivity contribution in [1.82, 2.24) is 10.3 Å². The fourth-order valence-electron chi connectivity index (χ4n) is 2.68. The van der Waals surface area contributed by atoms with Crippen molar-refractivity contribution in [2.24, 2.45) is 0 Å². The number of nitrogens with one attached hydrogen (secondary N) is 3. The number of amides is 3. The Kier molecular flexibility index (Phi) is 7.60. The first kappa shape index (κ1) is 24.4. The van der Waals surface area contributed by atoms with Crippen LogP contribution in [0.2, 0.25) is 5.02 Å². The van der Waals surface area contributed by atoms with Gasteiger partial charge in [-0.15, -0.1) is 6.42 Å². The number of terminal acetylenes is 1. The first-order valence-electron chi connectivity index (χ1n) is 9.56. The molecule has 11 heteroatoms. The quantitative estimate of drug-likeness (QED) is 0.396. The summed E-state index contributed by atoms with van der Waals surface area (Å²) in [6.07, 6.45) is 1.86. The van der Waals surface area contributed by atoms with Gasteiger partial charge in [0.1, 0.15) is 17.2 Å². The van der Waals surface area contributed by atoms with Gasteiger partial charge >= 0.3 is 12.2 Å². The second-order valence-corrected chi connectivity index (χ2v) is 7.07. The summed E-state index contributed by atoms with van der Waals surface area (Å²) in [7, 11) is 0. The van der Waals surface area contributed by atoms with E-state index in [4.69, 9.17) is 22.8 Å². The molecule has 0 fully saturated rings. The minimum atomic E-state index is -4.65. The number of pyridine rings is 1. The predicted octanol–water partition coefficient (Wildman–Crippen LogP) is 5.55. The number of urea groups is 1. The number of benzene rings is 2. The van der Waals surface area contributed by atoms with E-state index in [1.165, 1.54) is 30.5 Å². The number of nitrogens with zero attached hydrogens (tertiary/aromatic N) is 1. The molecule has 0 aliphatic rings. The van der Waals surface area contributed by atoms with Crippen molar-refractivity contribution >= 4 is 34.9 Å². The maximum Gasteiger partial charge on any atom is 0.417 e. The molecular weight excluding hydrogens is 473 g/mol. The molecule has 34 heavy (non-hydrogen) atoms. The first-order valence-corrected chi connectivity index (χ1v) is 9.94. The van der Waals surface area contributed by atoms with E-state index < -0.39 is 28.7 Å². The summed E-state index contributed by atoms with van der Waals surface area (Å²) in [4.78, 5) is 28.0. The van der Waals surface area contributed by atoms with E-state index in [9.17, 15) is 22.8 Å². The van der Waals surface area contributed by atoms with Crippen molar-refractivity contribution in [2.45, 2.75) is 6.18 Å². The Morgan fingerprint density at radius 1 is 1.00 bits per heavy atom. The zero-order valence-corrected chi connectivity index (χ0v) is 18.0. The Morgan fingerprint density at radius 3 is 2.35 bits per heavy atom. The Labute approximate surface area is 197 Å². The molecule has 0 spiro atoms. The van der Waals surface area contributed by atoms with Gasteiger partial charge in [0.2, 0.25) is 0 Å². The van der Waals surface area contributed by atoms with Crippen LogP contribution < -0.4 is 20.7 Å². The SMILES string of the molecule is C#CCNC(=O)c1cc(Oc2ccc(NC(=O)Nc3ccc(Cl)c(C(F)(F)F)c3)cc2)ccn1. The van der Waals surface area contributed by atoms with Crippen LogP contribution >= 0.6 is 11.6 Å². The number of halogens is 4. The van der Waals surface area contributed by atoms with Gasteiger partial charge in [0, 0.05) is 23.6 Å². The maximum atomic E-state index is 13.0. The van der Waals surface area contributed by atoms with Gasteiger partial charge in [-0.25, -0.2) is 4.79 Å². The van der Waals surface area contributed by atoms with Crippen LogP contribution in [0.1, 0.15) is 16.1 Å². The molecule has 174 valence electrons.